The van der Waals surface area contributed by atoms with Crippen molar-refractivity contribution in [3.05, 3.63) is 307 Å². The van der Waals surface area contributed by atoms with Gasteiger partial charge < -0.3 is 14.4 Å². The second kappa shape index (κ2) is 20.5. The topological polar surface area (TPSA) is 11.4 Å². The van der Waals surface area contributed by atoms with Crippen molar-refractivity contribution in [3.63, 3.8) is 0 Å². The Morgan fingerprint density at radius 1 is 0.247 bits per heavy atom. The predicted octanol–water partition coefficient (Wildman–Crippen LogP) is 21.9. The minimum atomic E-state index is 1.07. The van der Waals surface area contributed by atoms with E-state index >= 15 is 0 Å². The Morgan fingerprint density at radius 2 is 0.605 bits per heavy atom. The summed E-state index contributed by atoms with van der Waals surface area (Å²) in [5.74, 6) is 0. The molecule has 3 nitrogen and oxygen atoms in total. The maximum atomic E-state index is 2.59. The van der Waals surface area contributed by atoms with E-state index in [2.05, 4.69) is 327 Å². The zero-order valence-electron chi connectivity index (χ0n) is 46.0. The molecule has 0 aliphatic rings. The van der Waals surface area contributed by atoms with Crippen LogP contribution in [0, 0.1) is 27.7 Å². The Bertz CT molecular complexity index is 4500. The van der Waals surface area contributed by atoms with E-state index in [0.29, 0.717) is 0 Å². The van der Waals surface area contributed by atoms with Gasteiger partial charge in [0, 0.05) is 50.0 Å². The van der Waals surface area contributed by atoms with Gasteiger partial charge in [0.15, 0.2) is 0 Å². The number of anilines is 6. The highest BCUT2D eigenvalue weighted by atomic mass is 15.2. The molecule has 0 saturated heterocycles. The third kappa shape index (κ3) is 8.81. The Hall–Kier alpha value is -10.2. The van der Waals surface area contributed by atoms with Crippen LogP contribution in [0.1, 0.15) is 22.3 Å². The van der Waals surface area contributed by atoms with Gasteiger partial charge in [-0.25, -0.2) is 0 Å². The van der Waals surface area contributed by atoms with Crippen molar-refractivity contribution in [2.75, 3.05) is 9.80 Å². The number of nitrogens with zero attached hydrogens (tertiary/aromatic N) is 3. The monoisotopic (exact) mass is 1040 g/mol. The van der Waals surface area contributed by atoms with Crippen LogP contribution in [0.5, 0.6) is 0 Å². The van der Waals surface area contributed by atoms with Crippen molar-refractivity contribution in [1.82, 2.24) is 4.57 Å². The fraction of sp³-hybridized carbons (Fsp3) is 0.0513. The Morgan fingerprint density at radius 3 is 1.05 bits per heavy atom. The first-order chi connectivity index (χ1) is 39.8. The third-order valence-electron chi connectivity index (χ3n) is 16.4. The van der Waals surface area contributed by atoms with Gasteiger partial charge in [0.2, 0.25) is 0 Å². The molecule has 14 aromatic rings. The van der Waals surface area contributed by atoms with Gasteiger partial charge in [0.05, 0.1) is 22.4 Å². The average Bonchev–Trinajstić information content (AvgIpc) is 3.97. The molecule has 81 heavy (non-hydrogen) atoms. The third-order valence-corrected chi connectivity index (χ3v) is 16.4. The van der Waals surface area contributed by atoms with Crippen molar-refractivity contribution in [3.8, 4) is 50.2 Å². The predicted molar refractivity (Wildman–Crippen MR) is 346 cm³/mol. The number of para-hydroxylation sites is 1. The van der Waals surface area contributed by atoms with E-state index in [9.17, 15) is 0 Å². The quantitative estimate of drug-likeness (QED) is 0.128. The zero-order valence-corrected chi connectivity index (χ0v) is 46.0. The number of benzene rings is 13. The number of aromatic nitrogens is 1. The summed E-state index contributed by atoms with van der Waals surface area (Å²) in [5, 5.41) is 7.01. The van der Waals surface area contributed by atoms with Crippen molar-refractivity contribution in [1.29, 1.82) is 0 Å². The molecule has 0 radical (unpaired) electrons. The highest BCUT2D eigenvalue weighted by Gasteiger charge is 2.28. The van der Waals surface area contributed by atoms with Crippen molar-refractivity contribution >= 4 is 77.5 Å². The van der Waals surface area contributed by atoms with Crippen LogP contribution < -0.4 is 9.80 Å². The summed E-state index contributed by atoms with van der Waals surface area (Å²) in [6, 6.07) is 105. The van der Waals surface area contributed by atoms with Crippen LogP contribution in [0.3, 0.4) is 0 Å². The number of hydrogen-bond acceptors (Lipinski definition) is 2. The lowest BCUT2D eigenvalue weighted by molar-refractivity contribution is 1.17. The molecule has 0 bridgehead atoms. The van der Waals surface area contributed by atoms with Gasteiger partial charge in [-0.1, -0.05) is 237 Å². The fourth-order valence-corrected chi connectivity index (χ4v) is 12.3. The summed E-state index contributed by atoms with van der Waals surface area (Å²) < 4.78 is 2.54. The minimum Gasteiger partial charge on any atom is -0.309 e. The van der Waals surface area contributed by atoms with Crippen LogP contribution in [0.2, 0.25) is 0 Å². The Balaban J connectivity index is 1.08. The summed E-state index contributed by atoms with van der Waals surface area (Å²) in [6.07, 6.45) is 0. The van der Waals surface area contributed by atoms with Crippen LogP contribution in [0.15, 0.2) is 285 Å². The van der Waals surface area contributed by atoms with Gasteiger partial charge in [-0.15, -0.1) is 0 Å². The molecule has 13 aromatic carbocycles. The summed E-state index contributed by atoms with van der Waals surface area (Å²) in [7, 11) is 0. The van der Waals surface area contributed by atoms with E-state index in [1.807, 2.05) is 0 Å². The number of aryl methyl sites for hydroxylation is 4. The molecule has 0 aliphatic heterocycles. The molecule has 386 valence electrons. The van der Waals surface area contributed by atoms with Gasteiger partial charge in [-0.05, 0) is 154 Å². The first-order valence-corrected chi connectivity index (χ1v) is 28.1. The van der Waals surface area contributed by atoms with Gasteiger partial charge in [-0.3, -0.25) is 0 Å². The maximum Gasteiger partial charge on any atom is 0.0640 e. The van der Waals surface area contributed by atoms with E-state index in [-0.39, 0.29) is 0 Å². The van der Waals surface area contributed by atoms with Crippen LogP contribution in [-0.4, -0.2) is 4.57 Å². The normalized spacial score (nSPS) is 11.5. The second-order valence-corrected chi connectivity index (χ2v) is 21.5. The number of rotatable bonds is 11. The number of hydrogen-bond donors (Lipinski definition) is 0. The molecule has 14 rings (SSSR count). The molecule has 0 spiro atoms. The molecular formula is C78H59N3. The first kappa shape index (κ1) is 49.1. The molecule has 0 aliphatic carbocycles. The van der Waals surface area contributed by atoms with Gasteiger partial charge in [0.25, 0.3) is 0 Å². The highest BCUT2D eigenvalue weighted by molar-refractivity contribution is 6.24. The van der Waals surface area contributed by atoms with Crippen LogP contribution in [0.4, 0.5) is 34.1 Å². The highest BCUT2D eigenvalue weighted by Crippen LogP contribution is 2.52. The SMILES string of the molecule is Cc1ccc(-c2ccccc2)cc1N(c1cc(-c2ccccc2)ccc1C)c1cc(-n2c3ccccc3c3c(N(c4cc(-c5ccccc5)ccc4C)c4cc(-c5ccccc5)ccc4C)c4ccccc4cc32)cc2ccccc12. The standard InChI is InChI=1S/C78H59N3/c1-52-37-41-60(56-23-9-5-10-24-56)46-71(52)80(72-47-61(42-38-53(72)2)57-25-11-6-12-26-57)75-51-66(45-64-31-17-19-33-67(64)75)79-70-36-22-21-35-69(70)77-76(79)50-65-32-18-20-34-68(65)78(77)81(73-48-62(43-39-54(73)3)58-27-13-7-14-28-58)74-49-63(44-40-55(74)4)59-29-15-8-16-30-59/h5-51H,1-4H3. The molecule has 0 atom stereocenters. The van der Waals surface area contributed by atoms with Gasteiger partial charge >= 0.3 is 0 Å². The Labute approximate surface area is 474 Å². The maximum absolute atomic E-state index is 2.59. The summed E-state index contributed by atoms with van der Waals surface area (Å²) in [6.45, 7) is 9.02. The molecule has 0 N–H and O–H groups in total. The molecule has 1 aromatic heterocycles. The fourth-order valence-electron chi connectivity index (χ4n) is 12.3. The molecule has 3 heteroatoms. The van der Waals surface area contributed by atoms with E-state index in [1.54, 1.807) is 0 Å². The lowest BCUT2D eigenvalue weighted by atomic mass is 9.96. The van der Waals surface area contributed by atoms with Crippen molar-refractivity contribution in [2.24, 2.45) is 0 Å². The van der Waals surface area contributed by atoms with Crippen molar-refractivity contribution < 1.29 is 0 Å². The van der Waals surface area contributed by atoms with Crippen molar-refractivity contribution in [2.45, 2.75) is 27.7 Å². The minimum absolute atomic E-state index is 1.07. The summed E-state index contributed by atoms with van der Waals surface area (Å²) >= 11 is 0. The van der Waals surface area contributed by atoms with Crippen LogP contribution in [-0.2, 0) is 0 Å². The average molecular weight is 1040 g/mol. The molecule has 0 unspecified atom stereocenters. The molecular weight excluding hydrogens is 979 g/mol. The van der Waals surface area contributed by atoms with E-state index < -0.39 is 0 Å². The van der Waals surface area contributed by atoms with E-state index in [0.717, 1.165) is 67.0 Å². The van der Waals surface area contributed by atoms with Gasteiger partial charge in [0.1, 0.15) is 0 Å². The summed E-state index contributed by atoms with van der Waals surface area (Å²) in [5.41, 5.74) is 24.2. The molecule has 1 heterocycles. The molecule has 0 saturated carbocycles. The lowest BCUT2D eigenvalue weighted by Gasteiger charge is -2.32. The molecule has 0 fully saturated rings. The Kier molecular flexibility index (Phi) is 12.4. The summed E-state index contributed by atoms with van der Waals surface area (Å²) in [4.78, 5) is 5.13. The zero-order chi connectivity index (χ0) is 54.6. The lowest BCUT2D eigenvalue weighted by Crippen LogP contribution is -2.14. The number of fused-ring (bicyclic) bond motifs is 5. The smallest absolute Gasteiger partial charge is 0.0640 e. The van der Waals surface area contributed by atoms with Crippen LogP contribution in [0.25, 0.3) is 93.5 Å². The second-order valence-electron chi connectivity index (χ2n) is 21.5. The van der Waals surface area contributed by atoms with Crippen LogP contribution >= 0.6 is 0 Å². The van der Waals surface area contributed by atoms with E-state index in [4.69, 9.17) is 0 Å². The largest absolute Gasteiger partial charge is 0.309 e. The first-order valence-electron chi connectivity index (χ1n) is 28.1. The van der Waals surface area contributed by atoms with Gasteiger partial charge in [-0.2, -0.15) is 0 Å². The van der Waals surface area contributed by atoms with E-state index in [1.165, 1.54) is 82.9 Å². The molecule has 0 amide bonds.